The highest BCUT2D eigenvalue weighted by molar-refractivity contribution is 14.0. The number of hydrogen-bond acceptors (Lipinski definition) is 3. The van der Waals surface area contributed by atoms with Gasteiger partial charge < -0.3 is 20.1 Å². The van der Waals surface area contributed by atoms with Crippen LogP contribution < -0.4 is 15.4 Å². The van der Waals surface area contributed by atoms with E-state index in [9.17, 15) is 8.78 Å². The third-order valence-corrected chi connectivity index (χ3v) is 3.41. The Hall–Kier alpha value is -1.16. The van der Waals surface area contributed by atoms with Gasteiger partial charge in [0, 0.05) is 18.0 Å². The molecule has 0 bridgehead atoms. The summed E-state index contributed by atoms with van der Waals surface area (Å²) in [5.41, 5.74) is 0.107. The van der Waals surface area contributed by atoms with Gasteiger partial charge in [-0.05, 0) is 19.1 Å². The Kier molecular flexibility index (Phi) is 8.68. The van der Waals surface area contributed by atoms with E-state index in [2.05, 4.69) is 22.5 Å². The van der Waals surface area contributed by atoms with Crippen molar-refractivity contribution in [2.45, 2.75) is 13.8 Å². The molecule has 0 radical (unpaired) electrons. The first-order chi connectivity index (χ1) is 11.0. The number of guanidine groups is 1. The van der Waals surface area contributed by atoms with E-state index in [1.54, 1.807) is 0 Å². The maximum Gasteiger partial charge on any atom is 0.191 e. The lowest BCUT2D eigenvalue weighted by atomic mass is 9.89. The Balaban J connectivity index is 0.00000288. The van der Waals surface area contributed by atoms with Crippen molar-refractivity contribution in [1.82, 2.24) is 10.6 Å². The quantitative estimate of drug-likeness (QED) is 0.287. The average Bonchev–Trinajstić information content (AvgIpc) is 2.48. The molecule has 1 aliphatic heterocycles. The Morgan fingerprint density at radius 3 is 2.67 bits per heavy atom. The third-order valence-electron chi connectivity index (χ3n) is 3.41. The van der Waals surface area contributed by atoms with Crippen molar-refractivity contribution in [3.63, 3.8) is 0 Å². The standard InChI is InChI=1S/C16H23F2N3O2.HI/c1-3-19-15(21-9-16(2)10-22-11-16)20-6-7-23-14-5-4-12(17)8-13(14)18;/h4-5,8H,3,6-7,9-11H2,1-2H3,(H2,19,20,21);1H. The van der Waals surface area contributed by atoms with Crippen LogP contribution in [0.5, 0.6) is 5.75 Å². The van der Waals surface area contributed by atoms with Crippen molar-refractivity contribution in [2.24, 2.45) is 10.4 Å². The molecule has 0 saturated carbocycles. The van der Waals surface area contributed by atoms with Crippen molar-refractivity contribution in [3.8, 4) is 5.75 Å². The molecule has 1 aromatic rings. The Bertz CT molecular complexity index is 554. The van der Waals surface area contributed by atoms with Crippen LogP contribution in [0.25, 0.3) is 0 Å². The molecule has 2 N–H and O–H groups in total. The summed E-state index contributed by atoms with van der Waals surface area (Å²) in [5.74, 6) is -0.607. The second-order valence-corrected chi connectivity index (χ2v) is 5.85. The summed E-state index contributed by atoms with van der Waals surface area (Å²) in [7, 11) is 0. The van der Waals surface area contributed by atoms with Crippen molar-refractivity contribution in [1.29, 1.82) is 0 Å². The number of ether oxygens (including phenoxy) is 2. The van der Waals surface area contributed by atoms with E-state index in [1.807, 2.05) is 6.92 Å². The van der Waals surface area contributed by atoms with Gasteiger partial charge in [-0.1, -0.05) is 6.92 Å². The van der Waals surface area contributed by atoms with Crippen LogP contribution in [0, 0.1) is 17.0 Å². The highest BCUT2D eigenvalue weighted by atomic mass is 127. The summed E-state index contributed by atoms with van der Waals surface area (Å²) in [6.07, 6.45) is 0. The van der Waals surface area contributed by atoms with Gasteiger partial charge in [0.15, 0.2) is 17.5 Å². The van der Waals surface area contributed by atoms with E-state index in [4.69, 9.17) is 9.47 Å². The van der Waals surface area contributed by atoms with Crippen LogP contribution >= 0.6 is 24.0 Å². The topological polar surface area (TPSA) is 54.9 Å². The van der Waals surface area contributed by atoms with Gasteiger partial charge >= 0.3 is 0 Å². The number of halogens is 3. The number of hydrogen-bond donors (Lipinski definition) is 2. The van der Waals surface area contributed by atoms with Crippen LogP contribution in [0.2, 0.25) is 0 Å². The van der Waals surface area contributed by atoms with Crippen LogP contribution in [0.1, 0.15) is 13.8 Å². The minimum Gasteiger partial charge on any atom is -0.489 e. The molecule has 0 amide bonds. The highest BCUT2D eigenvalue weighted by Gasteiger charge is 2.33. The third kappa shape index (κ3) is 6.39. The molecule has 5 nitrogen and oxygen atoms in total. The van der Waals surface area contributed by atoms with Gasteiger partial charge in [-0.25, -0.2) is 8.78 Å². The second kappa shape index (κ2) is 9.97. The predicted molar refractivity (Wildman–Crippen MR) is 100 cm³/mol. The average molecular weight is 455 g/mol. The van der Waals surface area contributed by atoms with Gasteiger partial charge in [-0.15, -0.1) is 24.0 Å². The van der Waals surface area contributed by atoms with E-state index in [0.717, 1.165) is 25.8 Å². The van der Waals surface area contributed by atoms with Crippen molar-refractivity contribution in [2.75, 3.05) is 39.5 Å². The SMILES string of the molecule is CCNC(=NCC1(C)COC1)NCCOc1ccc(F)cc1F.I. The van der Waals surface area contributed by atoms with Gasteiger partial charge in [0.1, 0.15) is 12.4 Å². The highest BCUT2D eigenvalue weighted by Crippen LogP contribution is 2.26. The van der Waals surface area contributed by atoms with Gasteiger partial charge in [-0.2, -0.15) is 0 Å². The van der Waals surface area contributed by atoms with Crippen molar-refractivity contribution >= 4 is 29.9 Å². The zero-order valence-electron chi connectivity index (χ0n) is 13.9. The molecule has 0 aliphatic carbocycles. The normalized spacial score (nSPS) is 15.9. The molecule has 1 heterocycles. The monoisotopic (exact) mass is 455 g/mol. The largest absolute Gasteiger partial charge is 0.489 e. The first kappa shape index (κ1) is 20.9. The fraction of sp³-hybridized carbons (Fsp3) is 0.562. The van der Waals surface area contributed by atoms with Gasteiger partial charge in [0.2, 0.25) is 0 Å². The van der Waals surface area contributed by atoms with Crippen LogP contribution in [0.3, 0.4) is 0 Å². The first-order valence-corrected chi connectivity index (χ1v) is 7.70. The molecule has 8 heteroatoms. The first-order valence-electron chi connectivity index (χ1n) is 7.70. The molecule has 0 aromatic heterocycles. The van der Waals surface area contributed by atoms with Gasteiger partial charge in [0.05, 0.1) is 26.3 Å². The molecule has 24 heavy (non-hydrogen) atoms. The molecule has 0 atom stereocenters. The maximum absolute atomic E-state index is 13.4. The molecule has 2 rings (SSSR count). The predicted octanol–water partition coefficient (Wildman–Crippen LogP) is 2.55. The molecule has 136 valence electrons. The Morgan fingerprint density at radius 2 is 2.08 bits per heavy atom. The Morgan fingerprint density at radius 1 is 1.33 bits per heavy atom. The summed E-state index contributed by atoms with van der Waals surface area (Å²) < 4.78 is 36.7. The van der Waals surface area contributed by atoms with Crippen LogP contribution in [-0.4, -0.2) is 45.4 Å². The van der Waals surface area contributed by atoms with Crippen LogP contribution in [0.15, 0.2) is 23.2 Å². The fourth-order valence-corrected chi connectivity index (χ4v) is 2.08. The van der Waals surface area contributed by atoms with Crippen LogP contribution in [0.4, 0.5) is 8.78 Å². The minimum absolute atomic E-state index is 0. The zero-order chi connectivity index (χ0) is 16.7. The van der Waals surface area contributed by atoms with E-state index >= 15 is 0 Å². The lowest BCUT2D eigenvalue weighted by molar-refractivity contribution is -0.0945. The lowest BCUT2D eigenvalue weighted by Crippen LogP contribution is -2.45. The van der Waals surface area contributed by atoms with E-state index in [-0.39, 0.29) is 41.7 Å². The molecule has 0 spiro atoms. The molecule has 0 unspecified atom stereocenters. The number of aliphatic imine (C=N–C) groups is 1. The molecule has 1 aliphatic rings. The number of rotatable bonds is 7. The molecular weight excluding hydrogens is 431 g/mol. The van der Waals surface area contributed by atoms with E-state index < -0.39 is 11.6 Å². The van der Waals surface area contributed by atoms with Crippen molar-refractivity contribution < 1.29 is 18.3 Å². The van der Waals surface area contributed by atoms with Crippen LogP contribution in [-0.2, 0) is 4.74 Å². The molecule has 1 aromatic carbocycles. The number of nitrogens with zero attached hydrogens (tertiary/aromatic N) is 1. The summed E-state index contributed by atoms with van der Waals surface area (Å²) in [6, 6.07) is 3.25. The van der Waals surface area contributed by atoms with Gasteiger partial charge in [0.25, 0.3) is 0 Å². The number of benzene rings is 1. The maximum atomic E-state index is 13.4. The smallest absolute Gasteiger partial charge is 0.191 e. The lowest BCUT2D eigenvalue weighted by Gasteiger charge is -2.36. The molecule has 1 saturated heterocycles. The summed E-state index contributed by atoms with van der Waals surface area (Å²) in [6.45, 7) is 7.68. The Labute approximate surface area is 158 Å². The van der Waals surface area contributed by atoms with Gasteiger partial charge in [-0.3, -0.25) is 4.99 Å². The molecule has 1 fully saturated rings. The molecular formula is C16H24F2IN3O2. The second-order valence-electron chi connectivity index (χ2n) is 5.85. The number of nitrogens with one attached hydrogen (secondary N) is 2. The van der Waals surface area contributed by atoms with Crippen molar-refractivity contribution in [3.05, 3.63) is 29.8 Å². The fourth-order valence-electron chi connectivity index (χ4n) is 2.08. The van der Waals surface area contributed by atoms with E-state index in [0.29, 0.717) is 19.0 Å². The summed E-state index contributed by atoms with van der Waals surface area (Å²) in [5, 5.41) is 6.26. The summed E-state index contributed by atoms with van der Waals surface area (Å²) >= 11 is 0. The van der Waals surface area contributed by atoms with E-state index in [1.165, 1.54) is 12.1 Å². The zero-order valence-corrected chi connectivity index (χ0v) is 16.2. The minimum atomic E-state index is -0.705. The summed E-state index contributed by atoms with van der Waals surface area (Å²) in [4.78, 5) is 4.52.